The lowest BCUT2D eigenvalue weighted by molar-refractivity contribution is -0.0352. The topological polar surface area (TPSA) is 58.1 Å². The first kappa shape index (κ1) is 24.2. The van der Waals surface area contributed by atoms with Gasteiger partial charge in [-0.25, -0.2) is 4.99 Å². The lowest BCUT2D eigenvalue weighted by Crippen LogP contribution is -2.60. The van der Waals surface area contributed by atoms with E-state index in [1.165, 1.54) is 32.1 Å². The number of methoxy groups -OCH3 is 1. The number of rotatable bonds is 7. The predicted molar refractivity (Wildman–Crippen MR) is 129 cm³/mol. The Morgan fingerprint density at radius 2 is 1.93 bits per heavy atom. The van der Waals surface area contributed by atoms with Crippen LogP contribution >= 0.6 is 24.0 Å². The molecule has 0 bridgehead atoms. The summed E-state index contributed by atoms with van der Waals surface area (Å²) in [5.41, 5.74) is 1.38. The molecular formula is C22H37IN4O2. The van der Waals surface area contributed by atoms with E-state index >= 15 is 0 Å². The molecule has 0 radical (unpaired) electrons. The summed E-state index contributed by atoms with van der Waals surface area (Å²) < 4.78 is 10.9. The number of guanidine groups is 1. The number of hydrogen-bond donors (Lipinski definition) is 2. The summed E-state index contributed by atoms with van der Waals surface area (Å²) in [5, 5.41) is 7.06. The summed E-state index contributed by atoms with van der Waals surface area (Å²) in [6, 6.07) is 8.11. The number of nitrogens with zero attached hydrogens (tertiary/aromatic N) is 2. The third-order valence-electron chi connectivity index (χ3n) is 5.95. The molecule has 1 aliphatic carbocycles. The van der Waals surface area contributed by atoms with Crippen molar-refractivity contribution >= 4 is 29.9 Å². The van der Waals surface area contributed by atoms with E-state index in [1.54, 1.807) is 7.11 Å². The third-order valence-corrected chi connectivity index (χ3v) is 5.95. The number of halogens is 1. The molecule has 0 aromatic heterocycles. The largest absolute Gasteiger partial charge is 0.497 e. The summed E-state index contributed by atoms with van der Waals surface area (Å²) in [6.45, 7) is 8.33. The van der Waals surface area contributed by atoms with Crippen LogP contribution < -0.4 is 15.4 Å². The molecule has 2 N–H and O–H groups in total. The molecule has 6 nitrogen and oxygen atoms in total. The van der Waals surface area contributed by atoms with Crippen LogP contribution in [0.25, 0.3) is 0 Å². The van der Waals surface area contributed by atoms with E-state index in [9.17, 15) is 0 Å². The molecule has 1 heterocycles. The summed E-state index contributed by atoms with van der Waals surface area (Å²) in [7, 11) is 1.70. The Morgan fingerprint density at radius 3 is 2.62 bits per heavy atom. The molecule has 2 aliphatic rings. The lowest BCUT2D eigenvalue weighted by Gasteiger charge is -2.48. The summed E-state index contributed by atoms with van der Waals surface area (Å²) in [6.07, 6.45) is 6.51. The molecule has 1 aliphatic heterocycles. The maximum Gasteiger partial charge on any atom is 0.191 e. The smallest absolute Gasteiger partial charge is 0.191 e. The van der Waals surface area contributed by atoms with Gasteiger partial charge in [0.1, 0.15) is 5.75 Å². The van der Waals surface area contributed by atoms with Gasteiger partial charge in [0, 0.05) is 31.7 Å². The molecule has 164 valence electrons. The van der Waals surface area contributed by atoms with E-state index < -0.39 is 0 Å². The third kappa shape index (κ3) is 7.00. The highest BCUT2D eigenvalue weighted by Gasteiger charge is 2.38. The van der Waals surface area contributed by atoms with Gasteiger partial charge in [0.2, 0.25) is 0 Å². The number of benzene rings is 1. The second-order valence-corrected chi connectivity index (χ2v) is 7.78. The first-order valence-electron chi connectivity index (χ1n) is 10.7. The van der Waals surface area contributed by atoms with E-state index in [0.29, 0.717) is 6.54 Å². The Morgan fingerprint density at radius 1 is 1.17 bits per heavy atom. The van der Waals surface area contributed by atoms with Gasteiger partial charge in [-0.3, -0.25) is 4.90 Å². The molecule has 2 fully saturated rings. The Balaban J connectivity index is 0.00000300. The maximum atomic E-state index is 5.60. The van der Waals surface area contributed by atoms with Gasteiger partial charge in [0.25, 0.3) is 0 Å². The monoisotopic (exact) mass is 516 g/mol. The van der Waals surface area contributed by atoms with E-state index in [2.05, 4.69) is 28.5 Å². The minimum absolute atomic E-state index is 0. The van der Waals surface area contributed by atoms with E-state index in [1.807, 2.05) is 18.2 Å². The molecule has 1 aromatic rings. The highest BCUT2D eigenvalue weighted by atomic mass is 127. The van der Waals surface area contributed by atoms with Crippen molar-refractivity contribution in [1.82, 2.24) is 15.5 Å². The van der Waals surface area contributed by atoms with Crippen molar-refractivity contribution in [2.24, 2.45) is 4.99 Å². The zero-order valence-electron chi connectivity index (χ0n) is 17.9. The fraction of sp³-hybridized carbons (Fsp3) is 0.682. The molecule has 0 amide bonds. The Labute approximate surface area is 192 Å². The normalized spacial score (nSPS) is 19.9. The van der Waals surface area contributed by atoms with Crippen molar-refractivity contribution in [2.45, 2.75) is 51.1 Å². The van der Waals surface area contributed by atoms with E-state index in [4.69, 9.17) is 14.5 Å². The van der Waals surface area contributed by atoms with Gasteiger partial charge in [0.05, 0.1) is 26.9 Å². The van der Waals surface area contributed by atoms with Crippen LogP contribution in [0.1, 0.15) is 44.6 Å². The number of aliphatic imine (C=N–C) groups is 1. The number of nitrogens with one attached hydrogen (secondary N) is 2. The molecule has 3 rings (SSSR count). The molecule has 1 aromatic carbocycles. The second kappa shape index (κ2) is 12.6. The molecular weight excluding hydrogens is 479 g/mol. The molecule has 0 atom stereocenters. The van der Waals surface area contributed by atoms with Crippen molar-refractivity contribution in [3.63, 3.8) is 0 Å². The van der Waals surface area contributed by atoms with Gasteiger partial charge in [0.15, 0.2) is 5.96 Å². The van der Waals surface area contributed by atoms with E-state index in [0.717, 1.165) is 56.7 Å². The molecule has 1 saturated heterocycles. The van der Waals surface area contributed by atoms with Crippen LogP contribution in [0.5, 0.6) is 5.75 Å². The minimum Gasteiger partial charge on any atom is -0.497 e. The highest BCUT2D eigenvalue weighted by Crippen LogP contribution is 2.33. The SMILES string of the molecule is CCNC(=NCc1cccc(OC)c1)NCC1(N2CCOCC2)CCCCC1.I. The Hall–Kier alpha value is -1.06. The standard InChI is InChI=1S/C22H36N4O2.HI/c1-3-23-21(24-17-19-8-7-9-20(16-19)27-2)25-18-22(10-5-4-6-11-22)26-12-14-28-15-13-26;/h7-9,16H,3-6,10-15,17-18H2,1-2H3,(H2,23,24,25);1H. The number of ether oxygens (including phenoxy) is 2. The Bertz CT molecular complexity index is 629. The van der Waals surface area contributed by atoms with Crippen LogP contribution in [0.3, 0.4) is 0 Å². The highest BCUT2D eigenvalue weighted by molar-refractivity contribution is 14.0. The van der Waals surface area contributed by atoms with Gasteiger partial charge in [-0.2, -0.15) is 0 Å². The predicted octanol–water partition coefficient (Wildman–Crippen LogP) is 3.40. The van der Waals surface area contributed by atoms with Gasteiger partial charge in [-0.05, 0) is 37.5 Å². The average Bonchev–Trinajstić information content (AvgIpc) is 2.77. The second-order valence-electron chi connectivity index (χ2n) is 7.78. The number of hydrogen-bond acceptors (Lipinski definition) is 4. The quantitative estimate of drug-likeness (QED) is 0.331. The van der Waals surface area contributed by atoms with Crippen LogP contribution in [0.15, 0.2) is 29.3 Å². The Kier molecular flexibility index (Phi) is 10.5. The van der Waals surface area contributed by atoms with Crippen molar-refractivity contribution < 1.29 is 9.47 Å². The van der Waals surface area contributed by atoms with Crippen LogP contribution in [0, 0.1) is 0 Å². The maximum absolute atomic E-state index is 5.60. The average molecular weight is 516 g/mol. The fourth-order valence-corrected chi connectivity index (χ4v) is 4.38. The van der Waals surface area contributed by atoms with E-state index in [-0.39, 0.29) is 29.5 Å². The minimum atomic E-state index is 0. The van der Waals surface area contributed by atoms with Gasteiger partial charge in [-0.15, -0.1) is 24.0 Å². The van der Waals surface area contributed by atoms with Gasteiger partial charge < -0.3 is 20.1 Å². The zero-order chi connectivity index (χ0) is 19.7. The van der Waals surface area contributed by atoms with Crippen molar-refractivity contribution in [2.75, 3.05) is 46.5 Å². The first-order valence-corrected chi connectivity index (χ1v) is 10.7. The number of morpholine rings is 1. The molecule has 0 spiro atoms. The molecule has 0 unspecified atom stereocenters. The van der Waals surface area contributed by atoms with Crippen LogP contribution in [-0.2, 0) is 11.3 Å². The molecule has 29 heavy (non-hydrogen) atoms. The first-order chi connectivity index (χ1) is 13.8. The lowest BCUT2D eigenvalue weighted by atomic mass is 9.80. The molecule has 1 saturated carbocycles. The van der Waals surface area contributed by atoms with Crippen LogP contribution in [0.2, 0.25) is 0 Å². The molecule has 7 heteroatoms. The summed E-state index contributed by atoms with van der Waals surface area (Å²) in [5.74, 6) is 1.77. The summed E-state index contributed by atoms with van der Waals surface area (Å²) in [4.78, 5) is 7.48. The van der Waals surface area contributed by atoms with Crippen molar-refractivity contribution in [3.8, 4) is 5.75 Å². The zero-order valence-corrected chi connectivity index (χ0v) is 20.2. The van der Waals surface area contributed by atoms with Crippen molar-refractivity contribution in [1.29, 1.82) is 0 Å². The van der Waals surface area contributed by atoms with Crippen LogP contribution in [0.4, 0.5) is 0 Å². The van der Waals surface area contributed by atoms with Gasteiger partial charge in [-0.1, -0.05) is 31.4 Å². The fourth-order valence-electron chi connectivity index (χ4n) is 4.38. The van der Waals surface area contributed by atoms with Crippen LogP contribution in [-0.4, -0.2) is 62.9 Å². The van der Waals surface area contributed by atoms with Gasteiger partial charge >= 0.3 is 0 Å². The summed E-state index contributed by atoms with van der Waals surface area (Å²) >= 11 is 0. The van der Waals surface area contributed by atoms with Crippen molar-refractivity contribution in [3.05, 3.63) is 29.8 Å².